The molecule has 2 aliphatic rings. The monoisotopic (exact) mass is 287 g/mol. The molecule has 4 heteroatoms. The summed E-state index contributed by atoms with van der Waals surface area (Å²) in [7, 11) is 2.16. The van der Waals surface area contributed by atoms with Crippen LogP contribution in [0.4, 0.5) is 5.69 Å². The molecule has 1 aromatic carbocycles. The SMILES string of the molecule is CC1Cc2ccccc2N1C(=O)CCN1CCN(C)CC1. The highest BCUT2D eigenvalue weighted by molar-refractivity contribution is 5.96. The molecule has 1 amide bonds. The highest BCUT2D eigenvalue weighted by Crippen LogP contribution is 2.32. The molecule has 0 N–H and O–H groups in total. The lowest BCUT2D eigenvalue weighted by molar-refractivity contribution is -0.119. The van der Waals surface area contributed by atoms with Crippen molar-refractivity contribution in [2.45, 2.75) is 25.8 Å². The molecule has 3 rings (SSSR count). The second-order valence-electron chi connectivity index (χ2n) is 6.34. The molecule has 2 aliphatic heterocycles. The Labute approximate surface area is 127 Å². The third kappa shape index (κ3) is 3.11. The number of piperazine rings is 1. The van der Waals surface area contributed by atoms with E-state index in [1.807, 2.05) is 11.0 Å². The lowest BCUT2D eigenvalue weighted by Gasteiger charge is -2.32. The minimum Gasteiger partial charge on any atom is -0.309 e. The van der Waals surface area contributed by atoms with Gasteiger partial charge in [-0.05, 0) is 32.0 Å². The molecule has 1 atom stereocenters. The molecule has 0 aromatic heterocycles. The molecular formula is C17H25N3O. The Hall–Kier alpha value is -1.39. The van der Waals surface area contributed by atoms with Gasteiger partial charge in [-0.1, -0.05) is 18.2 Å². The number of nitrogens with zero attached hydrogens (tertiary/aromatic N) is 3. The van der Waals surface area contributed by atoms with E-state index in [-0.39, 0.29) is 5.91 Å². The molecule has 0 aliphatic carbocycles. The summed E-state index contributed by atoms with van der Waals surface area (Å²) in [6.45, 7) is 7.41. The van der Waals surface area contributed by atoms with Gasteiger partial charge < -0.3 is 14.7 Å². The first-order valence-electron chi connectivity index (χ1n) is 7.96. The predicted octanol–water partition coefficient (Wildman–Crippen LogP) is 1.60. The van der Waals surface area contributed by atoms with Crippen molar-refractivity contribution in [2.75, 3.05) is 44.7 Å². The second kappa shape index (κ2) is 6.16. The molecule has 1 unspecified atom stereocenters. The Morgan fingerprint density at radius 3 is 2.67 bits per heavy atom. The zero-order valence-electron chi connectivity index (χ0n) is 13.1. The van der Waals surface area contributed by atoms with Crippen molar-refractivity contribution in [1.29, 1.82) is 0 Å². The van der Waals surface area contributed by atoms with Crippen molar-refractivity contribution >= 4 is 11.6 Å². The van der Waals surface area contributed by atoms with Gasteiger partial charge in [0.25, 0.3) is 0 Å². The number of benzene rings is 1. The number of rotatable bonds is 3. The Morgan fingerprint density at radius 2 is 1.90 bits per heavy atom. The lowest BCUT2D eigenvalue weighted by Crippen LogP contribution is -2.46. The number of carbonyl (C=O) groups is 1. The van der Waals surface area contributed by atoms with Crippen molar-refractivity contribution in [2.24, 2.45) is 0 Å². The Balaban J connectivity index is 1.58. The summed E-state index contributed by atoms with van der Waals surface area (Å²) >= 11 is 0. The van der Waals surface area contributed by atoms with E-state index < -0.39 is 0 Å². The van der Waals surface area contributed by atoms with Crippen LogP contribution in [-0.2, 0) is 11.2 Å². The van der Waals surface area contributed by atoms with Crippen molar-refractivity contribution in [3.63, 3.8) is 0 Å². The van der Waals surface area contributed by atoms with E-state index in [4.69, 9.17) is 0 Å². The quantitative estimate of drug-likeness (QED) is 0.845. The average molecular weight is 287 g/mol. The highest BCUT2D eigenvalue weighted by atomic mass is 16.2. The van der Waals surface area contributed by atoms with Crippen LogP contribution < -0.4 is 4.90 Å². The smallest absolute Gasteiger partial charge is 0.228 e. The van der Waals surface area contributed by atoms with Crippen LogP contribution in [0.2, 0.25) is 0 Å². The van der Waals surface area contributed by atoms with Gasteiger partial charge in [0, 0.05) is 50.9 Å². The molecule has 0 bridgehead atoms. The highest BCUT2D eigenvalue weighted by Gasteiger charge is 2.30. The van der Waals surface area contributed by atoms with E-state index in [2.05, 4.69) is 42.0 Å². The molecule has 1 fully saturated rings. The summed E-state index contributed by atoms with van der Waals surface area (Å²) in [6.07, 6.45) is 1.61. The van der Waals surface area contributed by atoms with E-state index in [0.717, 1.165) is 44.8 Å². The molecule has 1 saturated heterocycles. The van der Waals surface area contributed by atoms with Crippen LogP contribution in [-0.4, -0.2) is 61.5 Å². The molecule has 1 aromatic rings. The van der Waals surface area contributed by atoms with Gasteiger partial charge in [0.2, 0.25) is 5.91 Å². The van der Waals surface area contributed by atoms with Gasteiger partial charge >= 0.3 is 0 Å². The molecule has 0 radical (unpaired) electrons. The first kappa shape index (κ1) is 14.5. The number of fused-ring (bicyclic) bond motifs is 1. The first-order chi connectivity index (χ1) is 10.1. The normalized spacial score (nSPS) is 23.3. The third-order valence-corrected chi connectivity index (χ3v) is 4.71. The Morgan fingerprint density at radius 1 is 1.19 bits per heavy atom. The van der Waals surface area contributed by atoms with Gasteiger partial charge in [-0.15, -0.1) is 0 Å². The topological polar surface area (TPSA) is 26.8 Å². The molecule has 0 spiro atoms. The summed E-state index contributed by atoms with van der Waals surface area (Å²) in [5, 5.41) is 0. The lowest BCUT2D eigenvalue weighted by atomic mass is 10.1. The zero-order chi connectivity index (χ0) is 14.8. The van der Waals surface area contributed by atoms with Gasteiger partial charge in [0.15, 0.2) is 0 Å². The maximum Gasteiger partial charge on any atom is 0.228 e. The Bertz CT molecular complexity index is 509. The number of hydrogen-bond donors (Lipinski definition) is 0. The molecule has 2 heterocycles. The Kier molecular flexibility index (Phi) is 4.27. The summed E-state index contributed by atoms with van der Waals surface area (Å²) in [6, 6.07) is 8.59. The van der Waals surface area contributed by atoms with Gasteiger partial charge in [0.1, 0.15) is 0 Å². The zero-order valence-corrected chi connectivity index (χ0v) is 13.1. The van der Waals surface area contributed by atoms with Crippen LogP contribution in [0.1, 0.15) is 18.9 Å². The fourth-order valence-electron chi connectivity index (χ4n) is 3.39. The van der Waals surface area contributed by atoms with E-state index >= 15 is 0 Å². The fraction of sp³-hybridized carbons (Fsp3) is 0.588. The molecule has 21 heavy (non-hydrogen) atoms. The second-order valence-corrected chi connectivity index (χ2v) is 6.34. The summed E-state index contributed by atoms with van der Waals surface area (Å²) in [5.41, 5.74) is 2.42. The van der Waals surface area contributed by atoms with Crippen LogP contribution in [0.3, 0.4) is 0 Å². The van der Waals surface area contributed by atoms with Gasteiger partial charge in [0.05, 0.1) is 0 Å². The maximum atomic E-state index is 12.6. The number of likely N-dealkylation sites (N-methyl/N-ethyl adjacent to an activating group) is 1. The van der Waals surface area contributed by atoms with E-state index in [9.17, 15) is 4.79 Å². The van der Waals surface area contributed by atoms with Crippen LogP contribution in [0.25, 0.3) is 0 Å². The standard InChI is InChI=1S/C17H25N3O/c1-14-13-15-5-3-4-6-16(15)20(14)17(21)7-8-19-11-9-18(2)10-12-19/h3-6,14H,7-13H2,1-2H3. The maximum absolute atomic E-state index is 12.6. The van der Waals surface area contributed by atoms with E-state index in [1.165, 1.54) is 5.56 Å². The number of carbonyl (C=O) groups excluding carboxylic acids is 1. The van der Waals surface area contributed by atoms with Gasteiger partial charge in [-0.2, -0.15) is 0 Å². The van der Waals surface area contributed by atoms with Gasteiger partial charge in [-0.3, -0.25) is 4.79 Å². The van der Waals surface area contributed by atoms with Gasteiger partial charge in [-0.25, -0.2) is 0 Å². The van der Waals surface area contributed by atoms with Crippen LogP contribution in [0.5, 0.6) is 0 Å². The van der Waals surface area contributed by atoms with Crippen LogP contribution in [0.15, 0.2) is 24.3 Å². The minimum absolute atomic E-state index is 0.270. The number of anilines is 1. The average Bonchev–Trinajstić information content (AvgIpc) is 2.82. The number of para-hydroxylation sites is 1. The summed E-state index contributed by atoms with van der Waals surface area (Å²) in [5.74, 6) is 0.270. The first-order valence-corrected chi connectivity index (χ1v) is 7.96. The summed E-state index contributed by atoms with van der Waals surface area (Å²) in [4.78, 5) is 19.4. The largest absolute Gasteiger partial charge is 0.309 e. The minimum atomic E-state index is 0.270. The molecule has 4 nitrogen and oxygen atoms in total. The van der Waals surface area contributed by atoms with E-state index in [0.29, 0.717) is 12.5 Å². The van der Waals surface area contributed by atoms with Crippen molar-refractivity contribution < 1.29 is 4.79 Å². The molecule has 0 saturated carbocycles. The summed E-state index contributed by atoms with van der Waals surface area (Å²) < 4.78 is 0. The van der Waals surface area contributed by atoms with Crippen LogP contribution in [0, 0.1) is 0 Å². The van der Waals surface area contributed by atoms with Crippen LogP contribution >= 0.6 is 0 Å². The van der Waals surface area contributed by atoms with Crippen molar-refractivity contribution in [3.05, 3.63) is 29.8 Å². The molecule has 114 valence electrons. The number of amides is 1. The molecular weight excluding hydrogens is 262 g/mol. The fourth-order valence-corrected chi connectivity index (χ4v) is 3.39. The number of hydrogen-bond acceptors (Lipinski definition) is 3. The van der Waals surface area contributed by atoms with Crippen molar-refractivity contribution in [3.8, 4) is 0 Å². The third-order valence-electron chi connectivity index (χ3n) is 4.71. The predicted molar refractivity (Wildman–Crippen MR) is 85.6 cm³/mol. The van der Waals surface area contributed by atoms with E-state index in [1.54, 1.807) is 0 Å². The van der Waals surface area contributed by atoms with Crippen molar-refractivity contribution in [1.82, 2.24) is 9.80 Å².